The van der Waals surface area contributed by atoms with Crippen LogP contribution in [0.5, 0.6) is 0 Å². The molecule has 1 aliphatic heterocycles. The highest BCUT2D eigenvalue weighted by Gasteiger charge is 2.40. The summed E-state index contributed by atoms with van der Waals surface area (Å²) in [6.07, 6.45) is 6.29. The van der Waals surface area contributed by atoms with Crippen molar-refractivity contribution in [3.05, 3.63) is 35.9 Å². The molecule has 0 bridgehead atoms. The molecular formula is C16H23ClN2O. The average Bonchev–Trinajstić information content (AvgIpc) is 2.88. The van der Waals surface area contributed by atoms with Crippen molar-refractivity contribution < 1.29 is 4.79 Å². The second-order valence-corrected chi connectivity index (χ2v) is 5.85. The molecule has 1 amide bonds. The fraction of sp³-hybridized carbons (Fsp3) is 0.562. The van der Waals surface area contributed by atoms with Crippen LogP contribution in [0.2, 0.25) is 0 Å². The second-order valence-electron chi connectivity index (χ2n) is 5.85. The van der Waals surface area contributed by atoms with E-state index in [0.717, 1.165) is 25.8 Å². The lowest BCUT2D eigenvalue weighted by Crippen LogP contribution is -2.51. The molecule has 1 saturated carbocycles. The van der Waals surface area contributed by atoms with Crippen molar-refractivity contribution in [2.24, 2.45) is 0 Å². The molecular weight excluding hydrogens is 272 g/mol. The fourth-order valence-electron chi connectivity index (χ4n) is 3.25. The summed E-state index contributed by atoms with van der Waals surface area (Å²) in [5.74, 6) is 0.197. The number of carbonyl (C=O) groups excluding carboxylic acids is 1. The van der Waals surface area contributed by atoms with E-state index >= 15 is 0 Å². The minimum atomic E-state index is -0.0864. The van der Waals surface area contributed by atoms with Crippen LogP contribution >= 0.6 is 12.4 Å². The Hall–Kier alpha value is -1.06. The maximum Gasteiger partial charge on any atom is 0.222 e. The van der Waals surface area contributed by atoms with Crippen LogP contribution in [0, 0.1) is 0 Å². The van der Waals surface area contributed by atoms with Crippen LogP contribution in [0.4, 0.5) is 0 Å². The standard InChI is InChI=1S/C16H22N2O.ClH/c19-15(12-14-8-4-11-17-14)18-16(9-5-10-16)13-6-2-1-3-7-13;/h1-3,6-7,14,17H,4-5,8-12H2,(H,18,19);1H. The van der Waals surface area contributed by atoms with E-state index in [4.69, 9.17) is 0 Å². The number of hydrogen-bond acceptors (Lipinski definition) is 2. The molecule has 2 fully saturated rings. The molecule has 1 aromatic rings. The van der Waals surface area contributed by atoms with Gasteiger partial charge in [-0.05, 0) is 44.2 Å². The predicted octanol–water partition coefficient (Wildman–Crippen LogP) is 2.75. The summed E-state index contributed by atoms with van der Waals surface area (Å²) in [7, 11) is 0. The Kier molecular flexibility index (Phi) is 5.06. The maximum atomic E-state index is 12.2. The van der Waals surface area contributed by atoms with E-state index in [-0.39, 0.29) is 23.9 Å². The van der Waals surface area contributed by atoms with Crippen LogP contribution in [-0.2, 0) is 10.3 Å². The molecule has 4 heteroatoms. The van der Waals surface area contributed by atoms with E-state index in [1.165, 1.54) is 18.4 Å². The second kappa shape index (κ2) is 6.59. The topological polar surface area (TPSA) is 41.1 Å². The van der Waals surface area contributed by atoms with Crippen molar-refractivity contribution in [1.82, 2.24) is 10.6 Å². The Balaban J connectivity index is 0.00000147. The summed E-state index contributed by atoms with van der Waals surface area (Å²) in [5, 5.41) is 6.68. The molecule has 110 valence electrons. The zero-order chi connectivity index (χ0) is 13.1. The average molecular weight is 295 g/mol. The molecule has 0 radical (unpaired) electrons. The largest absolute Gasteiger partial charge is 0.347 e. The van der Waals surface area contributed by atoms with Gasteiger partial charge < -0.3 is 10.6 Å². The first-order chi connectivity index (χ1) is 9.28. The number of carbonyl (C=O) groups is 1. The monoisotopic (exact) mass is 294 g/mol. The van der Waals surface area contributed by atoms with E-state index < -0.39 is 0 Å². The number of halogens is 1. The Labute approximate surface area is 126 Å². The minimum absolute atomic E-state index is 0. The molecule has 0 aromatic heterocycles. The van der Waals surface area contributed by atoms with Gasteiger partial charge in [-0.3, -0.25) is 4.79 Å². The molecule has 1 aliphatic carbocycles. The number of benzene rings is 1. The number of hydrogen-bond donors (Lipinski definition) is 2. The molecule has 20 heavy (non-hydrogen) atoms. The van der Waals surface area contributed by atoms with Crippen LogP contribution < -0.4 is 10.6 Å². The zero-order valence-electron chi connectivity index (χ0n) is 11.7. The third-order valence-electron chi connectivity index (χ3n) is 4.51. The quantitative estimate of drug-likeness (QED) is 0.896. The van der Waals surface area contributed by atoms with Crippen molar-refractivity contribution in [1.29, 1.82) is 0 Å². The number of nitrogens with one attached hydrogen (secondary N) is 2. The summed E-state index contributed by atoms with van der Waals surface area (Å²) in [6, 6.07) is 10.8. The van der Waals surface area contributed by atoms with Gasteiger partial charge in [-0.15, -0.1) is 12.4 Å². The van der Waals surface area contributed by atoms with E-state index in [0.29, 0.717) is 12.5 Å². The first-order valence-electron chi connectivity index (χ1n) is 7.38. The first-order valence-corrected chi connectivity index (χ1v) is 7.38. The summed E-state index contributed by atoms with van der Waals surface area (Å²) >= 11 is 0. The highest BCUT2D eigenvalue weighted by Crippen LogP contribution is 2.41. The lowest BCUT2D eigenvalue weighted by Gasteiger charge is -2.43. The third-order valence-corrected chi connectivity index (χ3v) is 4.51. The van der Waals surface area contributed by atoms with Crippen LogP contribution in [0.25, 0.3) is 0 Å². The lowest BCUT2D eigenvalue weighted by atomic mass is 9.71. The zero-order valence-corrected chi connectivity index (χ0v) is 12.5. The minimum Gasteiger partial charge on any atom is -0.347 e. The van der Waals surface area contributed by atoms with Crippen LogP contribution in [0.15, 0.2) is 30.3 Å². The molecule has 1 aromatic carbocycles. The SMILES string of the molecule is Cl.O=C(CC1CCCN1)NC1(c2ccccc2)CCC1. The van der Waals surface area contributed by atoms with Gasteiger partial charge in [0.2, 0.25) is 5.91 Å². The summed E-state index contributed by atoms with van der Waals surface area (Å²) in [6.45, 7) is 1.06. The van der Waals surface area contributed by atoms with Gasteiger partial charge in [0.1, 0.15) is 0 Å². The normalized spacial score (nSPS) is 23.5. The van der Waals surface area contributed by atoms with Crippen molar-refractivity contribution in [2.75, 3.05) is 6.54 Å². The van der Waals surface area contributed by atoms with Gasteiger partial charge in [-0.25, -0.2) is 0 Å². The Morgan fingerprint density at radius 1 is 1.25 bits per heavy atom. The van der Waals surface area contributed by atoms with Gasteiger partial charge in [-0.1, -0.05) is 30.3 Å². The molecule has 1 saturated heterocycles. The highest BCUT2D eigenvalue weighted by molar-refractivity contribution is 5.85. The van der Waals surface area contributed by atoms with Gasteiger partial charge in [-0.2, -0.15) is 0 Å². The van der Waals surface area contributed by atoms with Crippen LogP contribution in [-0.4, -0.2) is 18.5 Å². The Bertz CT molecular complexity index is 439. The maximum absolute atomic E-state index is 12.2. The van der Waals surface area contributed by atoms with E-state index in [9.17, 15) is 4.79 Å². The van der Waals surface area contributed by atoms with Crippen molar-refractivity contribution in [3.8, 4) is 0 Å². The van der Waals surface area contributed by atoms with Crippen molar-refractivity contribution in [3.63, 3.8) is 0 Å². The summed E-state index contributed by atoms with van der Waals surface area (Å²) in [5.41, 5.74) is 1.17. The highest BCUT2D eigenvalue weighted by atomic mass is 35.5. The smallest absolute Gasteiger partial charge is 0.222 e. The molecule has 1 atom stereocenters. The number of amides is 1. The molecule has 3 nitrogen and oxygen atoms in total. The van der Waals surface area contributed by atoms with Gasteiger partial charge in [0.05, 0.1) is 5.54 Å². The number of rotatable bonds is 4. The molecule has 3 rings (SSSR count). The lowest BCUT2D eigenvalue weighted by molar-refractivity contribution is -0.124. The van der Waals surface area contributed by atoms with E-state index in [1.807, 2.05) is 6.07 Å². The van der Waals surface area contributed by atoms with Gasteiger partial charge >= 0.3 is 0 Å². The van der Waals surface area contributed by atoms with E-state index in [1.54, 1.807) is 0 Å². The third kappa shape index (κ3) is 3.15. The summed E-state index contributed by atoms with van der Waals surface area (Å²) < 4.78 is 0. The van der Waals surface area contributed by atoms with E-state index in [2.05, 4.69) is 34.9 Å². The first kappa shape index (κ1) is 15.3. The Morgan fingerprint density at radius 3 is 2.55 bits per heavy atom. The van der Waals surface area contributed by atoms with Gasteiger partial charge in [0, 0.05) is 12.5 Å². The van der Waals surface area contributed by atoms with Crippen LogP contribution in [0.3, 0.4) is 0 Å². The molecule has 1 unspecified atom stereocenters. The molecule has 2 aliphatic rings. The fourth-order valence-corrected chi connectivity index (χ4v) is 3.25. The molecule has 0 spiro atoms. The molecule has 2 N–H and O–H groups in total. The molecule has 1 heterocycles. The van der Waals surface area contributed by atoms with Gasteiger partial charge in [0.25, 0.3) is 0 Å². The van der Waals surface area contributed by atoms with Crippen LogP contribution in [0.1, 0.15) is 44.1 Å². The summed E-state index contributed by atoms with van der Waals surface area (Å²) in [4.78, 5) is 12.2. The predicted molar refractivity (Wildman–Crippen MR) is 83.0 cm³/mol. The van der Waals surface area contributed by atoms with Crippen molar-refractivity contribution >= 4 is 18.3 Å². The van der Waals surface area contributed by atoms with Gasteiger partial charge in [0.15, 0.2) is 0 Å². The Morgan fingerprint density at radius 2 is 2.00 bits per heavy atom. The van der Waals surface area contributed by atoms with Crippen molar-refractivity contribution in [2.45, 2.75) is 50.1 Å².